The molecule has 1 amide bonds. The topological polar surface area (TPSA) is 79.3 Å². The molecule has 2 aromatic rings. The van der Waals surface area contributed by atoms with E-state index in [0.717, 1.165) is 42.7 Å². The maximum atomic E-state index is 13.2. The number of Topliss-reactive ketones (excluding diaryl/α,β-unsaturated/α-hetero) is 1. The summed E-state index contributed by atoms with van der Waals surface area (Å²) in [4.78, 5) is 30.3. The zero-order valence-electron chi connectivity index (χ0n) is 20.0. The number of hydrogen-bond donors (Lipinski definition) is 1. The molecule has 0 spiro atoms. The first-order valence-electron chi connectivity index (χ1n) is 11.7. The molecule has 0 aliphatic carbocycles. The summed E-state index contributed by atoms with van der Waals surface area (Å²) in [5.74, 6) is -0.668. The number of amides is 1. The van der Waals surface area contributed by atoms with Gasteiger partial charge in [-0.3, -0.25) is 14.5 Å². The highest BCUT2D eigenvalue weighted by Gasteiger charge is 2.46. The molecule has 1 atom stereocenters. The Bertz CT molecular complexity index is 1090. The molecule has 1 N–H and O–H groups in total. The standard InChI is InChI=1S/C27H32N2O5/c1-18-5-6-19(2)22(17-18)25(30)23-24(20-7-9-21(33-3)10-8-20)29(27(32)26(23)31)12-4-11-28-13-15-34-16-14-28/h5-10,17,24,30H,4,11-16H2,1-3H3/t24-/m1/s1. The van der Waals surface area contributed by atoms with Crippen LogP contribution < -0.4 is 4.74 Å². The van der Waals surface area contributed by atoms with Crippen LogP contribution in [0.25, 0.3) is 5.76 Å². The molecule has 7 heteroatoms. The largest absolute Gasteiger partial charge is 0.507 e. The van der Waals surface area contributed by atoms with E-state index in [9.17, 15) is 14.7 Å². The molecule has 0 saturated carbocycles. The monoisotopic (exact) mass is 464 g/mol. The summed E-state index contributed by atoms with van der Waals surface area (Å²) in [6, 6.07) is 12.4. The summed E-state index contributed by atoms with van der Waals surface area (Å²) >= 11 is 0. The normalized spacial score (nSPS) is 20.7. The number of aliphatic hydroxyl groups is 1. The molecular formula is C27H32N2O5. The zero-order chi connectivity index (χ0) is 24.2. The Morgan fingerprint density at radius 2 is 1.76 bits per heavy atom. The molecule has 2 aliphatic heterocycles. The first-order chi connectivity index (χ1) is 16.4. The third-order valence-electron chi connectivity index (χ3n) is 6.60. The number of carbonyl (C=O) groups excluding carboxylic acids is 2. The highest BCUT2D eigenvalue weighted by Crippen LogP contribution is 2.40. The first kappa shape index (κ1) is 24.0. The molecular weight excluding hydrogens is 432 g/mol. The summed E-state index contributed by atoms with van der Waals surface area (Å²) in [6.45, 7) is 8.22. The lowest BCUT2D eigenvalue weighted by molar-refractivity contribution is -0.140. The van der Waals surface area contributed by atoms with Gasteiger partial charge < -0.3 is 19.5 Å². The number of rotatable bonds is 7. The average Bonchev–Trinajstić information content (AvgIpc) is 3.11. The van der Waals surface area contributed by atoms with Gasteiger partial charge in [0.25, 0.3) is 11.7 Å². The number of hydrogen-bond acceptors (Lipinski definition) is 6. The Kier molecular flexibility index (Phi) is 7.34. The molecule has 0 radical (unpaired) electrons. The SMILES string of the molecule is COc1ccc([C@@H]2C(=C(O)c3cc(C)ccc3C)C(=O)C(=O)N2CCCN2CCOCC2)cc1. The van der Waals surface area contributed by atoms with Crippen molar-refractivity contribution in [1.29, 1.82) is 0 Å². The fourth-order valence-corrected chi connectivity index (χ4v) is 4.67. The van der Waals surface area contributed by atoms with Gasteiger partial charge in [-0.1, -0.05) is 29.8 Å². The van der Waals surface area contributed by atoms with Crippen molar-refractivity contribution in [3.8, 4) is 5.75 Å². The fourth-order valence-electron chi connectivity index (χ4n) is 4.67. The molecule has 0 unspecified atom stereocenters. The van der Waals surface area contributed by atoms with Crippen molar-refractivity contribution >= 4 is 17.4 Å². The fraction of sp³-hybridized carbons (Fsp3) is 0.407. The molecule has 0 bridgehead atoms. The summed E-state index contributed by atoms with van der Waals surface area (Å²) in [5.41, 5.74) is 3.28. The highest BCUT2D eigenvalue weighted by molar-refractivity contribution is 6.46. The molecule has 0 aromatic heterocycles. The van der Waals surface area contributed by atoms with E-state index >= 15 is 0 Å². The summed E-state index contributed by atoms with van der Waals surface area (Å²) in [7, 11) is 1.59. The first-order valence-corrected chi connectivity index (χ1v) is 11.7. The van der Waals surface area contributed by atoms with E-state index in [0.29, 0.717) is 31.1 Å². The van der Waals surface area contributed by atoms with Gasteiger partial charge in [0.2, 0.25) is 0 Å². The van der Waals surface area contributed by atoms with Crippen molar-refractivity contribution in [3.05, 3.63) is 70.3 Å². The number of benzene rings is 2. The van der Waals surface area contributed by atoms with Gasteiger partial charge in [-0.15, -0.1) is 0 Å². The van der Waals surface area contributed by atoms with Crippen LogP contribution in [0, 0.1) is 13.8 Å². The molecule has 2 saturated heterocycles. The quantitative estimate of drug-likeness (QED) is 0.384. The molecule has 7 nitrogen and oxygen atoms in total. The van der Waals surface area contributed by atoms with Gasteiger partial charge in [-0.25, -0.2) is 0 Å². The highest BCUT2D eigenvalue weighted by atomic mass is 16.5. The minimum atomic E-state index is -0.657. The van der Waals surface area contributed by atoms with Gasteiger partial charge in [0, 0.05) is 31.7 Å². The molecule has 2 heterocycles. The van der Waals surface area contributed by atoms with Gasteiger partial charge in [0.05, 0.1) is 31.9 Å². The zero-order valence-corrected chi connectivity index (χ0v) is 20.0. The summed E-state index contributed by atoms with van der Waals surface area (Å²) in [5, 5.41) is 11.3. The number of aliphatic hydroxyl groups excluding tert-OH is 1. The Labute approximate surface area is 200 Å². The van der Waals surface area contributed by atoms with Crippen molar-refractivity contribution in [2.24, 2.45) is 0 Å². The van der Waals surface area contributed by atoms with Gasteiger partial charge in [-0.2, -0.15) is 0 Å². The Hall–Kier alpha value is -3.16. The molecule has 180 valence electrons. The van der Waals surface area contributed by atoms with Crippen molar-refractivity contribution in [2.45, 2.75) is 26.3 Å². The molecule has 2 fully saturated rings. The van der Waals surface area contributed by atoms with Crippen LogP contribution in [-0.2, 0) is 14.3 Å². The number of aryl methyl sites for hydroxylation is 2. The Morgan fingerprint density at radius 3 is 2.44 bits per heavy atom. The van der Waals surface area contributed by atoms with Crippen LogP contribution in [0.15, 0.2) is 48.0 Å². The van der Waals surface area contributed by atoms with E-state index in [1.165, 1.54) is 0 Å². The van der Waals surface area contributed by atoms with Gasteiger partial charge in [0.1, 0.15) is 11.5 Å². The lowest BCUT2D eigenvalue weighted by atomic mass is 9.93. The number of ketones is 1. The van der Waals surface area contributed by atoms with Crippen LogP contribution in [0.3, 0.4) is 0 Å². The van der Waals surface area contributed by atoms with Gasteiger partial charge >= 0.3 is 0 Å². The maximum Gasteiger partial charge on any atom is 0.295 e. The second kappa shape index (κ2) is 10.4. The van der Waals surface area contributed by atoms with Crippen molar-refractivity contribution in [1.82, 2.24) is 9.80 Å². The number of likely N-dealkylation sites (tertiary alicyclic amines) is 1. The Balaban J connectivity index is 1.70. The van der Waals surface area contributed by atoms with Crippen LogP contribution in [0.2, 0.25) is 0 Å². The van der Waals surface area contributed by atoms with Crippen molar-refractivity contribution in [3.63, 3.8) is 0 Å². The van der Waals surface area contributed by atoms with Crippen molar-refractivity contribution < 1.29 is 24.2 Å². The minimum absolute atomic E-state index is 0.129. The van der Waals surface area contributed by atoms with E-state index in [2.05, 4.69) is 4.90 Å². The Morgan fingerprint density at radius 1 is 1.06 bits per heavy atom. The average molecular weight is 465 g/mol. The maximum absolute atomic E-state index is 13.2. The smallest absolute Gasteiger partial charge is 0.295 e. The molecule has 2 aliphatic rings. The second-order valence-electron chi connectivity index (χ2n) is 8.89. The summed E-state index contributed by atoms with van der Waals surface area (Å²) < 4.78 is 10.7. The number of ether oxygens (including phenoxy) is 2. The van der Waals surface area contributed by atoms with E-state index in [4.69, 9.17) is 9.47 Å². The van der Waals surface area contributed by atoms with Crippen LogP contribution in [0.5, 0.6) is 5.75 Å². The van der Waals surface area contributed by atoms with Gasteiger partial charge in [0.15, 0.2) is 0 Å². The van der Waals surface area contributed by atoms with Crippen LogP contribution in [-0.4, -0.2) is 73.1 Å². The second-order valence-corrected chi connectivity index (χ2v) is 8.89. The van der Waals surface area contributed by atoms with E-state index in [-0.39, 0.29) is 11.3 Å². The number of nitrogens with zero attached hydrogens (tertiary/aromatic N) is 2. The summed E-state index contributed by atoms with van der Waals surface area (Å²) in [6.07, 6.45) is 0.725. The third-order valence-corrected chi connectivity index (χ3v) is 6.60. The molecule has 34 heavy (non-hydrogen) atoms. The molecule has 4 rings (SSSR count). The third kappa shape index (κ3) is 4.86. The number of methoxy groups -OCH3 is 1. The van der Waals surface area contributed by atoms with E-state index in [1.54, 1.807) is 24.1 Å². The predicted molar refractivity (Wildman–Crippen MR) is 130 cm³/mol. The lowest BCUT2D eigenvalue weighted by Gasteiger charge is -2.29. The van der Waals surface area contributed by atoms with E-state index < -0.39 is 17.7 Å². The number of morpholine rings is 1. The van der Waals surface area contributed by atoms with Crippen LogP contribution in [0.4, 0.5) is 0 Å². The van der Waals surface area contributed by atoms with Crippen LogP contribution in [0.1, 0.15) is 34.7 Å². The van der Waals surface area contributed by atoms with Crippen LogP contribution >= 0.6 is 0 Å². The lowest BCUT2D eigenvalue weighted by Crippen LogP contribution is -2.38. The molecule has 2 aromatic carbocycles. The van der Waals surface area contributed by atoms with Gasteiger partial charge in [-0.05, 0) is 49.6 Å². The minimum Gasteiger partial charge on any atom is -0.507 e. The van der Waals surface area contributed by atoms with E-state index in [1.807, 2.05) is 44.2 Å². The van der Waals surface area contributed by atoms with Crippen molar-refractivity contribution in [2.75, 3.05) is 46.5 Å². The predicted octanol–water partition coefficient (Wildman–Crippen LogP) is 3.46. The number of carbonyl (C=O) groups is 2.